The van der Waals surface area contributed by atoms with E-state index in [4.69, 9.17) is 0 Å². The van der Waals surface area contributed by atoms with Gasteiger partial charge in [0, 0.05) is 44.3 Å². The molecule has 0 aromatic heterocycles. The molecule has 6 heteroatoms. The van der Waals surface area contributed by atoms with Gasteiger partial charge in [-0.15, -0.1) is 0 Å². The number of aryl methyl sites for hydroxylation is 1. The Kier molecular flexibility index (Phi) is 7.43. The largest absolute Gasteiger partial charge is 0.506 e. The first kappa shape index (κ1) is 24.8. The number of aromatic hydroxyl groups is 1. The highest BCUT2D eigenvalue weighted by atomic mass is 16.3. The third-order valence-electron chi connectivity index (χ3n) is 6.88. The molecule has 0 aliphatic carbocycles. The zero-order valence-electron chi connectivity index (χ0n) is 21.2. The van der Waals surface area contributed by atoms with Crippen LogP contribution in [0.5, 0.6) is 5.75 Å². The van der Waals surface area contributed by atoms with Gasteiger partial charge < -0.3 is 15.7 Å². The topological polar surface area (TPSA) is 67.8 Å². The second-order valence-corrected chi connectivity index (χ2v) is 9.46. The van der Waals surface area contributed by atoms with Crippen LogP contribution in [-0.4, -0.2) is 41.7 Å². The van der Waals surface area contributed by atoms with Gasteiger partial charge in [-0.1, -0.05) is 36.9 Å². The Balaban J connectivity index is 1.93. The highest BCUT2D eigenvalue weighted by Gasteiger charge is 2.31. The fourth-order valence-corrected chi connectivity index (χ4v) is 5.06. The Morgan fingerprint density at radius 1 is 1.31 bits per heavy atom. The van der Waals surface area contributed by atoms with Crippen molar-refractivity contribution in [2.24, 2.45) is 0 Å². The SMILES string of the molecule is C=C/C=C(\C(C)=C/C)c1cc(CN2CCNC(C)C2)cc2c1CNC(=O)N2c1c(C)cccc1O. The van der Waals surface area contributed by atoms with E-state index in [2.05, 4.69) is 54.2 Å². The molecule has 1 saturated heterocycles. The van der Waals surface area contributed by atoms with E-state index in [1.165, 1.54) is 0 Å². The maximum Gasteiger partial charge on any atom is 0.326 e. The van der Waals surface area contributed by atoms with E-state index < -0.39 is 0 Å². The normalized spacial score (nSPS) is 19.4. The molecule has 3 N–H and O–H groups in total. The van der Waals surface area contributed by atoms with E-state index in [0.29, 0.717) is 18.3 Å². The summed E-state index contributed by atoms with van der Waals surface area (Å²) in [6, 6.07) is 9.91. The van der Waals surface area contributed by atoms with Crippen molar-refractivity contribution in [1.29, 1.82) is 0 Å². The van der Waals surface area contributed by atoms with Gasteiger partial charge in [-0.25, -0.2) is 4.79 Å². The number of nitrogens with zero attached hydrogens (tertiary/aromatic N) is 2. The highest BCUT2D eigenvalue weighted by Crippen LogP contribution is 2.43. The second-order valence-electron chi connectivity index (χ2n) is 9.46. The van der Waals surface area contributed by atoms with Gasteiger partial charge in [-0.3, -0.25) is 9.80 Å². The predicted octanol–water partition coefficient (Wildman–Crippen LogP) is 5.39. The van der Waals surface area contributed by atoms with Crippen molar-refractivity contribution >= 4 is 23.0 Å². The molecule has 2 aliphatic heterocycles. The summed E-state index contributed by atoms with van der Waals surface area (Å²) >= 11 is 0. The summed E-state index contributed by atoms with van der Waals surface area (Å²) in [5.41, 5.74) is 7.63. The molecule has 0 saturated carbocycles. The number of amides is 2. The summed E-state index contributed by atoms with van der Waals surface area (Å²) in [6.07, 6.45) is 5.94. The Hall–Kier alpha value is -3.35. The van der Waals surface area contributed by atoms with E-state index in [-0.39, 0.29) is 11.8 Å². The van der Waals surface area contributed by atoms with E-state index in [9.17, 15) is 9.90 Å². The Labute approximate surface area is 208 Å². The lowest BCUT2D eigenvalue weighted by Gasteiger charge is -2.35. The van der Waals surface area contributed by atoms with Crippen LogP contribution in [0.15, 0.2) is 60.7 Å². The maximum absolute atomic E-state index is 13.2. The van der Waals surface area contributed by atoms with Crippen LogP contribution >= 0.6 is 0 Å². The number of anilines is 2. The maximum atomic E-state index is 13.2. The third kappa shape index (κ3) is 5.04. The quantitative estimate of drug-likeness (QED) is 0.493. The van der Waals surface area contributed by atoms with Gasteiger partial charge in [0.15, 0.2) is 0 Å². The minimum atomic E-state index is -0.238. The Morgan fingerprint density at radius 2 is 2.11 bits per heavy atom. The fourth-order valence-electron chi connectivity index (χ4n) is 5.06. The summed E-state index contributed by atoms with van der Waals surface area (Å²) in [7, 11) is 0. The number of carbonyl (C=O) groups excluding carboxylic acids is 1. The van der Waals surface area contributed by atoms with Crippen LogP contribution in [0, 0.1) is 6.92 Å². The summed E-state index contributed by atoms with van der Waals surface area (Å²) in [5.74, 6) is 0.0855. The number of phenols is 1. The number of urea groups is 1. The molecule has 0 radical (unpaired) electrons. The van der Waals surface area contributed by atoms with Gasteiger partial charge in [0.2, 0.25) is 0 Å². The van der Waals surface area contributed by atoms with E-state index in [1.807, 2.05) is 32.1 Å². The predicted molar refractivity (Wildman–Crippen MR) is 144 cm³/mol. The van der Waals surface area contributed by atoms with E-state index >= 15 is 0 Å². The monoisotopic (exact) mass is 472 g/mol. The number of phenolic OH excluding ortho intramolecular Hbond substituents is 1. The van der Waals surface area contributed by atoms with Crippen molar-refractivity contribution in [2.75, 3.05) is 24.5 Å². The molecule has 2 amide bonds. The third-order valence-corrected chi connectivity index (χ3v) is 6.88. The molecular formula is C29H36N4O2. The zero-order valence-corrected chi connectivity index (χ0v) is 21.2. The number of nitrogens with one attached hydrogen (secondary N) is 2. The molecule has 2 heterocycles. The number of para-hydroxylation sites is 1. The summed E-state index contributed by atoms with van der Waals surface area (Å²) in [4.78, 5) is 17.3. The van der Waals surface area contributed by atoms with Crippen LogP contribution in [0.25, 0.3) is 5.57 Å². The zero-order chi connectivity index (χ0) is 25.1. The van der Waals surface area contributed by atoms with Crippen LogP contribution < -0.4 is 15.5 Å². The fraction of sp³-hybridized carbons (Fsp3) is 0.345. The van der Waals surface area contributed by atoms with Crippen molar-refractivity contribution < 1.29 is 9.90 Å². The van der Waals surface area contributed by atoms with Crippen molar-refractivity contribution in [3.8, 4) is 5.75 Å². The minimum Gasteiger partial charge on any atom is -0.506 e. The summed E-state index contributed by atoms with van der Waals surface area (Å²) < 4.78 is 0. The average Bonchev–Trinajstić information content (AvgIpc) is 2.83. The number of fused-ring (bicyclic) bond motifs is 1. The first-order valence-corrected chi connectivity index (χ1v) is 12.3. The Bertz CT molecular complexity index is 1180. The van der Waals surface area contributed by atoms with Gasteiger partial charge in [0.05, 0.1) is 11.4 Å². The van der Waals surface area contributed by atoms with Crippen LogP contribution in [0.4, 0.5) is 16.2 Å². The van der Waals surface area contributed by atoms with Crippen molar-refractivity contribution in [3.63, 3.8) is 0 Å². The molecule has 4 rings (SSSR count). The van der Waals surface area contributed by atoms with Gasteiger partial charge in [-0.2, -0.15) is 0 Å². The lowest BCUT2D eigenvalue weighted by atomic mass is 9.89. The number of piperazine rings is 1. The van der Waals surface area contributed by atoms with Crippen LogP contribution in [0.1, 0.15) is 43.0 Å². The summed E-state index contributed by atoms with van der Waals surface area (Å²) in [6.45, 7) is 16.3. The molecule has 35 heavy (non-hydrogen) atoms. The molecule has 184 valence electrons. The van der Waals surface area contributed by atoms with E-state index in [0.717, 1.165) is 65.3 Å². The molecule has 2 aromatic carbocycles. The molecule has 0 spiro atoms. The number of carbonyl (C=O) groups is 1. The van der Waals surface area contributed by atoms with Crippen LogP contribution in [-0.2, 0) is 13.1 Å². The lowest BCUT2D eigenvalue weighted by molar-refractivity contribution is 0.199. The molecule has 2 aliphatic rings. The first-order valence-electron chi connectivity index (χ1n) is 12.3. The lowest BCUT2D eigenvalue weighted by Crippen LogP contribution is -2.48. The smallest absolute Gasteiger partial charge is 0.326 e. The molecule has 1 atom stereocenters. The molecule has 1 unspecified atom stereocenters. The minimum absolute atomic E-state index is 0.0855. The van der Waals surface area contributed by atoms with Crippen LogP contribution in [0.2, 0.25) is 0 Å². The number of hydrogen-bond donors (Lipinski definition) is 3. The first-order chi connectivity index (χ1) is 16.8. The van der Waals surface area contributed by atoms with Gasteiger partial charge in [0.25, 0.3) is 0 Å². The molecule has 2 aromatic rings. The van der Waals surface area contributed by atoms with Crippen molar-refractivity contribution in [2.45, 2.75) is 46.8 Å². The van der Waals surface area contributed by atoms with E-state index in [1.54, 1.807) is 17.0 Å². The molecule has 6 nitrogen and oxygen atoms in total. The summed E-state index contributed by atoms with van der Waals surface area (Å²) in [5, 5.41) is 17.3. The van der Waals surface area contributed by atoms with Crippen LogP contribution in [0.3, 0.4) is 0 Å². The average molecular weight is 473 g/mol. The standard InChI is InChI=1S/C29H36N4O2/c1-6-9-23(19(3)7-2)24-14-22(18-32-13-12-30-21(5)17-32)15-26-25(24)16-31-29(35)33(26)28-20(4)10-8-11-27(28)34/h6-11,14-15,21,30,34H,1,12-13,16-18H2,2-5H3,(H,31,35)/b19-7-,23-9+. The van der Waals surface area contributed by atoms with Gasteiger partial charge in [-0.05, 0) is 73.7 Å². The molecule has 0 bridgehead atoms. The molecular weight excluding hydrogens is 436 g/mol. The van der Waals surface area contributed by atoms with Crippen molar-refractivity contribution in [3.05, 3.63) is 83.0 Å². The Morgan fingerprint density at radius 3 is 2.80 bits per heavy atom. The van der Waals surface area contributed by atoms with Gasteiger partial charge >= 0.3 is 6.03 Å². The van der Waals surface area contributed by atoms with Crippen molar-refractivity contribution in [1.82, 2.24) is 15.5 Å². The number of allylic oxidation sites excluding steroid dienone is 5. The second kappa shape index (κ2) is 10.5. The highest BCUT2D eigenvalue weighted by molar-refractivity contribution is 6.05. The number of hydrogen-bond acceptors (Lipinski definition) is 4. The number of benzene rings is 2. The van der Waals surface area contributed by atoms with Gasteiger partial charge in [0.1, 0.15) is 5.75 Å². The molecule has 1 fully saturated rings. The number of rotatable bonds is 6.